The van der Waals surface area contributed by atoms with Crippen LogP contribution in [0.4, 0.5) is 0 Å². The first-order chi connectivity index (χ1) is 14.2. The molecule has 30 heavy (non-hydrogen) atoms. The molecule has 2 amide bonds. The molecule has 2 aromatic carbocycles. The summed E-state index contributed by atoms with van der Waals surface area (Å²) in [5, 5.41) is 2.76. The fourth-order valence-electron chi connectivity index (χ4n) is 3.56. The number of nitrogens with zero attached hydrogens (tertiary/aromatic N) is 1. The molecule has 0 aromatic heterocycles. The first-order valence-corrected chi connectivity index (χ1v) is 11.1. The van der Waals surface area contributed by atoms with Crippen molar-refractivity contribution in [1.82, 2.24) is 10.2 Å². The summed E-state index contributed by atoms with van der Waals surface area (Å²) in [6, 6.07) is 14.0. The van der Waals surface area contributed by atoms with Gasteiger partial charge in [-0.1, -0.05) is 50.1 Å². The number of ether oxygens (including phenoxy) is 1. The summed E-state index contributed by atoms with van der Waals surface area (Å²) in [6.07, 6.45) is 1.63. The van der Waals surface area contributed by atoms with E-state index in [-0.39, 0.29) is 5.91 Å². The summed E-state index contributed by atoms with van der Waals surface area (Å²) in [7, 11) is 0. The zero-order chi connectivity index (χ0) is 21.9. The summed E-state index contributed by atoms with van der Waals surface area (Å²) in [5.74, 6) is -1.28. The Morgan fingerprint density at radius 3 is 2.47 bits per heavy atom. The Labute approximate surface area is 192 Å². The number of carbonyl (C=O) groups is 3. The molecule has 0 bridgehead atoms. The minimum absolute atomic E-state index is 0.0251. The van der Waals surface area contributed by atoms with E-state index in [9.17, 15) is 14.4 Å². The second-order valence-electron chi connectivity index (χ2n) is 7.24. The maximum Gasteiger partial charge on any atom is 0.399 e. The van der Waals surface area contributed by atoms with Crippen LogP contribution in [0.3, 0.4) is 0 Å². The van der Waals surface area contributed by atoms with Crippen molar-refractivity contribution in [2.24, 2.45) is 0 Å². The zero-order valence-corrected chi connectivity index (χ0v) is 19.9. The average molecular weight is 538 g/mol. The number of hydrogen-bond donors (Lipinski definition) is 1. The predicted molar refractivity (Wildman–Crippen MR) is 120 cm³/mol. The first kappa shape index (κ1) is 22.5. The molecule has 0 saturated carbocycles. The monoisotopic (exact) mass is 536 g/mol. The van der Waals surface area contributed by atoms with Crippen LogP contribution in [0, 0.1) is 0 Å². The number of esters is 1. The maximum atomic E-state index is 11.7. The van der Waals surface area contributed by atoms with Gasteiger partial charge in [0.15, 0.2) is 0 Å². The van der Waals surface area contributed by atoms with Gasteiger partial charge >= 0.3 is 11.9 Å². The minimum atomic E-state index is -0.939. The van der Waals surface area contributed by atoms with Gasteiger partial charge in [-0.15, -0.1) is 0 Å². The van der Waals surface area contributed by atoms with Crippen LogP contribution >= 0.6 is 31.9 Å². The molecule has 2 aromatic rings. The van der Waals surface area contributed by atoms with E-state index in [1.54, 1.807) is 6.92 Å². The van der Waals surface area contributed by atoms with Gasteiger partial charge in [-0.2, -0.15) is 0 Å². The Bertz CT molecular complexity index is 978. The number of hydrogen-bond acceptors (Lipinski definition) is 4. The van der Waals surface area contributed by atoms with Gasteiger partial charge in [0.2, 0.25) is 11.6 Å². The molecule has 1 atom stereocenters. The average Bonchev–Trinajstić information content (AvgIpc) is 2.93. The smallest absolute Gasteiger partial charge is 0.399 e. The van der Waals surface area contributed by atoms with Crippen LogP contribution in [-0.2, 0) is 37.7 Å². The molecule has 0 aliphatic carbocycles. The topological polar surface area (TPSA) is 75.7 Å². The van der Waals surface area contributed by atoms with Crippen molar-refractivity contribution in [3.8, 4) is 0 Å². The molecule has 0 radical (unpaired) electrons. The summed E-state index contributed by atoms with van der Waals surface area (Å²) >= 11 is 6.76. The van der Waals surface area contributed by atoms with Crippen molar-refractivity contribution < 1.29 is 19.1 Å². The number of rotatable bonds is 3. The molecule has 1 saturated heterocycles. The number of fused-ring (bicyclic) bond motifs is 3. The lowest BCUT2D eigenvalue weighted by molar-refractivity contribution is -0.154. The Hall–Kier alpha value is -2.19. The van der Waals surface area contributed by atoms with Crippen LogP contribution in [0.2, 0.25) is 0 Å². The van der Waals surface area contributed by atoms with Crippen molar-refractivity contribution in [1.29, 1.82) is 0 Å². The molecule has 1 fully saturated rings. The SMILES string of the molecule is CC(=O)NCCc1ccc(Br)cc1.CC12OC(=O)C(=O)N1CCc1ccc(Br)cc12. The molecule has 2 heterocycles. The molecule has 0 spiro atoms. The van der Waals surface area contributed by atoms with Crippen molar-refractivity contribution in [3.05, 3.63) is 68.1 Å². The predicted octanol–water partition coefficient (Wildman–Crippen LogP) is 3.69. The highest BCUT2D eigenvalue weighted by atomic mass is 79.9. The Kier molecular flexibility index (Phi) is 6.98. The highest BCUT2D eigenvalue weighted by molar-refractivity contribution is 9.10. The highest BCUT2D eigenvalue weighted by Crippen LogP contribution is 2.41. The van der Waals surface area contributed by atoms with E-state index in [0.29, 0.717) is 13.1 Å². The van der Waals surface area contributed by atoms with Crippen molar-refractivity contribution in [3.63, 3.8) is 0 Å². The fraction of sp³-hybridized carbons (Fsp3) is 0.318. The molecule has 1 unspecified atom stereocenters. The van der Waals surface area contributed by atoms with Crippen molar-refractivity contribution in [2.75, 3.05) is 13.1 Å². The third-order valence-corrected chi connectivity index (χ3v) is 6.13. The quantitative estimate of drug-likeness (QED) is 0.478. The molecule has 4 rings (SSSR count). The minimum Gasteiger partial charge on any atom is -0.428 e. The van der Waals surface area contributed by atoms with Gasteiger partial charge in [-0.25, -0.2) is 4.79 Å². The van der Waals surface area contributed by atoms with E-state index >= 15 is 0 Å². The Balaban J connectivity index is 0.000000178. The zero-order valence-electron chi connectivity index (χ0n) is 16.7. The van der Waals surface area contributed by atoms with Gasteiger partial charge in [0, 0.05) is 34.5 Å². The molecular weight excluding hydrogens is 516 g/mol. The lowest BCUT2D eigenvalue weighted by Crippen LogP contribution is -2.46. The number of carbonyl (C=O) groups excluding carboxylic acids is 3. The Morgan fingerprint density at radius 2 is 1.80 bits per heavy atom. The molecule has 2 aliphatic heterocycles. The summed E-state index contributed by atoms with van der Waals surface area (Å²) < 4.78 is 7.25. The normalized spacial score (nSPS) is 19.3. The van der Waals surface area contributed by atoms with Crippen LogP contribution in [0.1, 0.15) is 30.5 Å². The van der Waals surface area contributed by atoms with Gasteiger partial charge < -0.3 is 10.1 Å². The van der Waals surface area contributed by atoms with E-state index < -0.39 is 17.6 Å². The van der Waals surface area contributed by atoms with Crippen LogP contribution in [0.25, 0.3) is 0 Å². The third kappa shape index (κ3) is 4.92. The van der Waals surface area contributed by atoms with E-state index in [1.165, 1.54) is 17.4 Å². The van der Waals surface area contributed by atoms with Gasteiger partial charge in [-0.05, 0) is 55.2 Å². The standard InChI is InChI=1S/C12H10BrNO3.C10H12BrNO/c1-12-9-6-8(13)3-2-7(9)4-5-14(12)10(15)11(16)17-12;1-8(13)12-7-6-9-2-4-10(11)5-3-9/h2-3,6H,4-5H2,1H3;2-5H,6-7H2,1H3,(H,12,13). The van der Waals surface area contributed by atoms with Gasteiger partial charge in [-0.3, -0.25) is 14.5 Å². The molecule has 8 heteroatoms. The van der Waals surface area contributed by atoms with Crippen LogP contribution < -0.4 is 5.32 Å². The van der Waals surface area contributed by atoms with Crippen LogP contribution in [-0.4, -0.2) is 35.8 Å². The number of halogens is 2. The Morgan fingerprint density at radius 1 is 1.13 bits per heavy atom. The molecule has 2 aliphatic rings. The van der Waals surface area contributed by atoms with Gasteiger partial charge in [0.1, 0.15) is 0 Å². The lowest BCUT2D eigenvalue weighted by Gasteiger charge is -2.38. The second-order valence-corrected chi connectivity index (χ2v) is 9.07. The van der Waals surface area contributed by atoms with E-state index in [0.717, 1.165) is 32.9 Å². The van der Waals surface area contributed by atoms with Gasteiger partial charge in [0.25, 0.3) is 0 Å². The van der Waals surface area contributed by atoms with Crippen LogP contribution in [0.5, 0.6) is 0 Å². The number of benzene rings is 2. The molecular formula is C22H22Br2N2O4. The molecule has 1 N–H and O–H groups in total. The van der Waals surface area contributed by atoms with Gasteiger partial charge in [0.05, 0.1) is 0 Å². The van der Waals surface area contributed by atoms with E-state index in [4.69, 9.17) is 4.74 Å². The lowest BCUT2D eigenvalue weighted by atomic mass is 9.91. The van der Waals surface area contributed by atoms with E-state index in [1.807, 2.05) is 42.5 Å². The van der Waals surface area contributed by atoms with Crippen molar-refractivity contribution >= 4 is 49.6 Å². The summed E-state index contributed by atoms with van der Waals surface area (Å²) in [6.45, 7) is 4.52. The number of nitrogens with one attached hydrogen (secondary N) is 1. The van der Waals surface area contributed by atoms with E-state index in [2.05, 4.69) is 37.2 Å². The highest BCUT2D eigenvalue weighted by Gasteiger charge is 2.53. The second kappa shape index (κ2) is 9.31. The summed E-state index contributed by atoms with van der Waals surface area (Å²) in [5.41, 5.74) is 2.30. The fourth-order valence-corrected chi connectivity index (χ4v) is 4.19. The largest absolute Gasteiger partial charge is 0.428 e. The molecule has 6 nitrogen and oxygen atoms in total. The first-order valence-electron chi connectivity index (χ1n) is 9.53. The number of amides is 2. The third-order valence-electron chi connectivity index (χ3n) is 5.10. The van der Waals surface area contributed by atoms with Crippen LogP contribution in [0.15, 0.2) is 51.4 Å². The maximum absolute atomic E-state index is 11.7. The summed E-state index contributed by atoms with van der Waals surface area (Å²) in [4.78, 5) is 35.2. The molecule has 158 valence electrons. The van der Waals surface area contributed by atoms with Crippen molar-refractivity contribution in [2.45, 2.75) is 32.4 Å².